The van der Waals surface area contributed by atoms with Gasteiger partial charge in [-0.3, -0.25) is 4.79 Å². The van der Waals surface area contributed by atoms with Gasteiger partial charge in [0.2, 0.25) is 0 Å². The van der Waals surface area contributed by atoms with Gasteiger partial charge in [0.15, 0.2) is 0 Å². The Hall–Kier alpha value is -1.61. The first-order chi connectivity index (χ1) is 7.19. The lowest BCUT2D eigenvalue weighted by Gasteiger charge is -2.14. The topological polar surface area (TPSA) is 46.3 Å². The third-order valence-electron chi connectivity index (χ3n) is 2.19. The molecule has 0 aliphatic rings. The van der Waals surface area contributed by atoms with Crippen LogP contribution in [0.2, 0.25) is 0 Å². The van der Waals surface area contributed by atoms with Gasteiger partial charge in [0.25, 0.3) is 5.91 Å². The molecule has 0 saturated heterocycles. The predicted octanol–water partition coefficient (Wildman–Crippen LogP) is 1.40. The summed E-state index contributed by atoms with van der Waals surface area (Å²) in [5, 5.41) is 0. The molecule has 0 bridgehead atoms. The van der Waals surface area contributed by atoms with E-state index in [1.807, 2.05) is 12.1 Å². The second-order valence-corrected chi connectivity index (χ2v) is 3.38. The van der Waals surface area contributed by atoms with E-state index in [-0.39, 0.29) is 5.91 Å². The van der Waals surface area contributed by atoms with Crippen molar-refractivity contribution in [2.75, 3.05) is 13.6 Å². The zero-order chi connectivity index (χ0) is 11.3. The smallest absolute Gasteiger partial charge is 0.253 e. The normalized spacial score (nSPS) is 9.73. The number of nitrogens with zero attached hydrogens (tertiary/aromatic N) is 1. The van der Waals surface area contributed by atoms with E-state index >= 15 is 0 Å². The molecule has 0 aliphatic carbocycles. The summed E-state index contributed by atoms with van der Waals surface area (Å²) in [5.74, 6) is -0.00142. The summed E-state index contributed by atoms with van der Waals surface area (Å²) in [6.07, 6.45) is 1.70. The summed E-state index contributed by atoms with van der Waals surface area (Å²) < 4.78 is 0. The number of hydrogen-bond donors (Lipinski definition) is 1. The van der Waals surface area contributed by atoms with E-state index in [9.17, 15) is 4.79 Å². The average Bonchev–Trinajstić information content (AvgIpc) is 2.28. The highest BCUT2D eigenvalue weighted by molar-refractivity contribution is 5.94. The summed E-state index contributed by atoms with van der Waals surface area (Å²) in [6, 6.07) is 7.33. The van der Waals surface area contributed by atoms with Crippen molar-refractivity contribution in [3.63, 3.8) is 0 Å². The number of rotatable bonds is 4. The Labute approximate surface area is 90.2 Å². The van der Waals surface area contributed by atoms with Crippen molar-refractivity contribution in [1.29, 1.82) is 0 Å². The number of carbonyl (C=O) groups is 1. The molecule has 0 aromatic heterocycles. The van der Waals surface area contributed by atoms with Crippen molar-refractivity contribution in [2.45, 2.75) is 6.54 Å². The molecule has 1 rings (SSSR count). The maximum Gasteiger partial charge on any atom is 0.253 e. The molecule has 0 fully saturated rings. The Kier molecular flexibility index (Phi) is 4.06. The lowest BCUT2D eigenvalue weighted by Crippen LogP contribution is -2.26. The lowest BCUT2D eigenvalue weighted by atomic mass is 10.1. The molecule has 0 spiro atoms. The highest BCUT2D eigenvalue weighted by atomic mass is 16.2. The Morgan fingerprint density at radius 3 is 2.53 bits per heavy atom. The zero-order valence-electron chi connectivity index (χ0n) is 8.94. The van der Waals surface area contributed by atoms with Gasteiger partial charge in [-0.1, -0.05) is 18.2 Å². The molecule has 2 N–H and O–H groups in total. The fourth-order valence-corrected chi connectivity index (χ4v) is 1.28. The van der Waals surface area contributed by atoms with E-state index < -0.39 is 0 Å². The van der Waals surface area contributed by atoms with Crippen LogP contribution in [0.15, 0.2) is 36.9 Å². The molecule has 0 aliphatic heterocycles. The third-order valence-corrected chi connectivity index (χ3v) is 2.19. The average molecular weight is 204 g/mol. The monoisotopic (exact) mass is 204 g/mol. The lowest BCUT2D eigenvalue weighted by molar-refractivity contribution is 0.0810. The number of hydrogen-bond acceptors (Lipinski definition) is 2. The van der Waals surface area contributed by atoms with E-state index in [2.05, 4.69) is 6.58 Å². The van der Waals surface area contributed by atoms with Crippen LogP contribution in [0, 0.1) is 0 Å². The van der Waals surface area contributed by atoms with Gasteiger partial charge in [-0.2, -0.15) is 0 Å². The maximum atomic E-state index is 11.8. The molecular weight excluding hydrogens is 188 g/mol. The highest BCUT2D eigenvalue weighted by Crippen LogP contribution is 2.06. The summed E-state index contributed by atoms with van der Waals surface area (Å²) in [7, 11) is 1.75. The maximum absolute atomic E-state index is 11.8. The van der Waals surface area contributed by atoms with Crippen LogP contribution >= 0.6 is 0 Å². The number of benzene rings is 1. The quantitative estimate of drug-likeness (QED) is 0.754. The SMILES string of the molecule is C=CCN(C)C(=O)c1ccc(CN)cc1. The van der Waals surface area contributed by atoms with E-state index in [1.54, 1.807) is 30.2 Å². The van der Waals surface area contributed by atoms with E-state index in [4.69, 9.17) is 5.73 Å². The van der Waals surface area contributed by atoms with Crippen molar-refractivity contribution in [1.82, 2.24) is 4.90 Å². The first-order valence-electron chi connectivity index (χ1n) is 4.84. The number of likely N-dealkylation sites (N-methyl/N-ethyl adjacent to an activating group) is 1. The second-order valence-electron chi connectivity index (χ2n) is 3.38. The standard InChI is InChI=1S/C12H16N2O/c1-3-8-14(2)12(15)11-6-4-10(9-13)5-7-11/h3-7H,1,8-9,13H2,2H3. The van der Waals surface area contributed by atoms with E-state index in [0.717, 1.165) is 5.56 Å². The molecule has 0 atom stereocenters. The largest absolute Gasteiger partial charge is 0.338 e. The van der Waals surface area contributed by atoms with Gasteiger partial charge >= 0.3 is 0 Å². The van der Waals surface area contributed by atoms with Gasteiger partial charge in [-0.25, -0.2) is 0 Å². The van der Waals surface area contributed by atoms with Gasteiger partial charge in [-0.05, 0) is 17.7 Å². The van der Waals surface area contributed by atoms with Crippen LogP contribution in [0.1, 0.15) is 15.9 Å². The van der Waals surface area contributed by atoms with Gasteiger partial charge in [0, 0.05) is 25.7 Å². The minimum absolute atomic E-state index is 0.00142. The molecule has 0 heterocycles. The molecule has 0 saturated carbocycles. The summed E-state index contributed by atoms with van der Waals surface area (Å²) in [6.45, 7) is 4.64. The number of nitrogens with two attached hydrogens (primary N) is 1. The number of carbonyl (C=O) groups excluding carboxylic acids is 1. The molecule has 1 aromatic carbocycles. The highest BCUT2D eigenvalue weighted by Gasteiger charge is 2.09. The minimum atomic E-state index is -0.00142. The number of amides is 1. The van der Waals surface area contributed by atoms with Gasteiger partial charge < -0.3 is 10.6 Å². The summed E-state index contributed by atoms with van der Waals surface area (Å²) in [5.41, 5.74) is 7.18. The second kappa shape index (κ2) is 5.32. The molecule has 0 unspecified atom stereocenters. The fraction of sp³-hybridized carbons (Fsp3) is 0.250. The Balaban J connectivity index is 2.77. The van der Waals surface area contributed by atoms with Crippen molar-refractivity contribution < 1.29 is 4.79 Å². The predicted molar refractivity (Wildman–Crippen MR) is 61.5 cm³/mol. The van der Waals surface area contributed by atoms with Crippen molar-refractivity contribution in [2.24, 2.45) is 5.73 Å². The molecule has 3 nitrogen and oxygen atoms in total. The fourth-order valence-electron chi connectivity index (χ4n) is 1.28. The van der Waals surface area contributed by atoms with Crippen molar-refractivity contribution >= 4 is 5.91 Å². The van der Waals surface area contributed by atoms with Crippen molar-refractivity contribution in [3.8, 4) is 0 Å². The zero-order valence-corrected chi connectivity index (χ0v) is 8.94. The first-order valence-corrected chi connectivity index (χ1v) is 4.84. The third kappa shape index (κ3) is 2.92. The van der Waals surface area contributed by atoms with Crippen LogP contribution in [0.25, 0.3) is 0 Å². The molecule has 80 valence electrons. The van der Waals surface area contributed by atoms with Gasteiger partial charge in [0.05, 0.1) is 0 Å². The molecule has 1 aromatic rings. The Morgan fingerprint density at radius 1 is 1.47 bits per heavy atom. The van der Waals surface area contributed by atoms with Crippen LogP contribution in [-0.2, 0) is 6.54 Å². The van der Waals surface area contributed by atoms with E-state index in [0.29, 0.717) is 18.7 Å². The van der Waals surface area contributed by atoms with Gasteiger partial charge in [-0.15, -0.1) is 6.58 Å². The molecule has 15 heavy (non-hydrogen) atoms. The minimum Gasteiger partial charge on any atom is -0.338 e. The molecule has 1 amide bonds. The van der Waals surface area contributed by atoms with Crippen LogP contribution in [0.4, 0.5) is 0 Å². The Morgan fingerprint density at radius 2 is 2.07 bits per heavy atom. The van der Waals surface area contributed by atoms with Crippen LogP contribution in [0.5, 0.6) is 0 Å². The van der Waals surface area contributed by atoms with Gasteiger partial charge in [0.1, 0.15) is 0 Å². The molecule has 3 heteroatoms. The molecule has 0 radical (unpaired) electrons. The van der Waals surface area contributed by atoms with E-state index in [1.165, 1.54) is 0 Å². The van der Waals surface area contributed by atoms with Crippen LogP contribution in [0.3, 0.4) is 0 Å². The Bertz CT molecular complexity index is 343. The summed E-state index contributed by atoms with van der Waals surface area (Å²) in [4.78, 5) is 13.4. The first kappa shape index (κ1) is 11.5. The summed E-state index contributed by atoms with van der Waals surface area (Å²) >= 11 is 0. The van der Waals surface area contributed by atoms with Crippen LogP contribution in [-0.4, -0.2) is 24.4 Å². The van der Waals surface area contributed by atoms with Crippen molar-refractivity contribution in [3.05, 3.63) is 48.0 Å². The molecular formula is C12H16N2O. The van der Waals surface area contributed by atoms with Crippen LogP contribution < -0.4 is 5.73 Å².